The molecule has 0 bridgehead atoms. The fourth-order valence-electron chi connectivity index (χ4n) is 4.86. The first-order chi connectivity index (χ1) is 17.3. The summed E-state index contributed by atoms with van der Waals surface area (Å²) in [5, 5.41) is 17.2. The minimum absolute atomic E-state index is 0.0263. The monoisotopic (exact) mass is 549 g/mol. The Morgan fingerprint density at radius 1 is 1.22 bits per heavy atom. The van der Waals surface area contributed by atoms with Gasteiger partial charge in [-0.25, -0.2) is 8.42 Å². The van der Waals surface area contributed by atoms with Crippen molar-refractivity contribution < 1.29 is 27.7 Å². The van der Waals surface area contributed by atoms with Crippen LogP contribution in [0, 0.1) is 21.4 Å². The quantitative estimate of drug-likeness (QED) is 0.395. The Kier molecular flexibility index (Phi) is 7.61. The van der Waals surface area contributed by atoms with Crippen LogP contribution in [0.15, 0.2) is 24.3 Å². The second kappa shape index (κ2) is 10.4. The van der Waals surface area contributed by atoms with Crippen LogP contribution in [0.25, 0.3) is 0 Å². The zero-order valence-corrected chi connectivity index (χ0v) is 22.7. The highest BCUT2D eigenvalue weighted by Gasteiger charge is 2.36. The minimum Gasteiger partial charge on any atom is -0.477 e. The summed E-state index contributed by atoms with van der Waals surface area (Å²) in [6.07, 6.45) is 2.73. The molecule has 0 saturated carbocycles. The summed E-state index contributed by atoms with van der Waals surface area (Å²) in [5.74, 6) is -0.617. The summed E-state index contributed by atoms with van der Waals surface area (Å²) in [4.78, 5) is 37.8. The van der Waals surface area contributed by atoms with Crippen molar-refractivity contribution in [3.8, 4) is 5.75 Å². The van der Waals surface area contributed by atoms with E-state index < -0.39 is 39.2 Å². The molecule has 4 rings (SSSR count). The first-order valence-corrected chi connectivity index (χ1v) is 14.8. The van der Waals surface area contributed by atoms with Crippen LogP contribution in [0.2, 0.25) is 0 Å². The molecule has 0 radical (unpaired) electrons. The highest BCUT2D eigenvalue weighted by molar-refractivity contribution is 7.91. The molecule has 1 fully saturated rings. The number of carbonyl (C=O) groups is 2. The predicted molar refractivity (Wildman–Crippen MR) is 141 cm³/mol. The molecule has 2 amide bonds. The number of anilines is 1. The van der Waals surface area contributed by atoms with Crippen molar-refractivity contribution in [2.45, 2.75) is 52.5 Å². The Morgan fingerprint density at radius 2 is 1.95 bits per heavy atom. The lowest BCUT2D eigenvalue weighted by atomic mass is 9.72. The third-order valence-corrected chi connectivity index (χ3v) is 9.90. The van der Waals surface area contributed by atoms with Gasteiger partial charge < -0.3 is 15.4 Å². The van der Waals surface area contributed by atoms with Crippen molar-refractivity contribution in [2.24, 2.45) is 11.3 Å². The van der Waals surface area contributed by atoms with Gasteiger partial charge in [-0.05, 0) is 48.6 Å². The molecule has 1 saturated heterocycles. The number of nitrogens with one attached hydrogen (secondary N) is 2. The number of sulfone groups is 1. The van der Waals surface area contributed by atoms with Gasteiger partial charge in [-0.3, -0.25) is 19.7 Å². The molecular weight excluding hydrogens is 518 g/mol. The molecule has 1 aromatic heterocycles. The maximum atomic E-state index is 13.4. The molecule has 1 aliphatic carbocycles. The van der Waals surface area contributed by atoms with E-state index in [1.165, 1.54) is 29.5 Å². The lowest BCUT2D eigenvalue weighted by Gasteiger charge is -2.33. The summed E-state index contributed by atoms with van der Waals surface area (Å²) >= 11 is 1.35. The van der Waals surface area contributed by atoms with Gasteiger partial charge >= 0.3 is 5.69 Å². The van der Waals surface area contributed by atoms with Crippen LogP contribution in [0.3, 0.4) is 0 Å². The molecule has 2 unspecified atom stereocenters. The molecule has 2 N–H and O–H groups in total. The van der Waals surface area contributed by atoms with Gasteiger partial charge in [-0.2, -0.15) is 0 Å². The van der Waals surface area contributed by atoms with E-state index in [9.17, 15) is 28.1 Å². The number of hydrogen-bond acceptors (Lipinski definition) is 8. The molecule has 2 aromatic rings. The van der Waals surface area contributed by atoms with E-state index in [2.05, 4.69) is 31.4 Å². The predicted octanol–water partition coefficient (Wildman–Crippen LogP) is 3.74. The maximum absolute atomic E-state index is 13.4. The van der Waals surface area contributed by atoms with E-state index >= 15 is 0 Å². The van der Waals surface area contributed by atoms with Gasteiger partial charge in [0.2, 0.25) is 0 Å². The SMILES string of the molecule is CC(C)(C)C1CCc2c(sc(NC(=O)COc3ccccc3[N+](=O)[O-])c2C(=O)NC2CCS(=O)(=O)C2)C1. The largest absolute Gasteiger partial charge is 0.477 e. The highest BCUT2D eigenvalue weighted by Crippen LogP contribution is 2.44. The number of ether oxygens (including phenoxy) is 1. The molecule has 1 aliphatic heterocycles. The lowest BCUT2D eigenvalue weighted by Crippen LogP contribution is -2.36. The molecular formula is C25H31N3O7S2. The van der Waals surface area contributed by atoms with E-state index in [1.54, 1.807) is 6.07 Å². The molecule has 1 aromatic carbocycles. The summed E-state index contributed by atoms with van der Waals surface area (Å²) < 4.78 is 29.2. The highest BCUT2D eigenvalue weighted by atomic mass is 32.2. The van der Waals surface area contributed by atoms with Crippen molar-refractivity contribution in [2.75, 3.05) is 23.4 Å². The summed E-state index contributed by atoms with van der Waals surface area (Å²) in [7, 11) is -3.17. The van der Waals surface area contributed by atoms with Crippen LogP contribution < -0.4 is 15.4 Å². The number of benzene rings is 1. The van der Waals surface area contributed by atoms with E-state index in [0.717, 1.165) is 23.3 Å². The van der Waals surface area contributed by atoms with Crippen molar-refractivity contribution in [3.05, 3.63) is 50.4 Å². The van der Waals surface area contributed by atoms with Gasteiger partial charge in [0, 0.05) is 17.0 Å². The number of thiophene rings is 1. The average Bonchev–Trinajstić information content (AvgIpc) is 3.34. The van der Waals surface area contributed by atoms with E-state index in [-0.39, 0.29) is 28.4 Å². The Labute approximate surface area is 219 Å². The smallest absolute Gasteiger partial charge is 0.310 e. The molecule has 0 spiro atoms. The van der Waals surface area contributed by atoms with Crippen molar-refractivity contribution >= 4 is 43.7 Å². The first kappa shape index (κ1) is 27.1. The molecule has 12 heteroatoms. The third-order valence-electron chi connectivity index (χ3n) is 6.96. The van der Waals surface area contributed by atoms with Gasteiger partial charge in [0.15, 0.2) is 22.2 Å². The summed E-state index contributed by atoms with van der Waals surface area (Å²) in [5.41, 5.74) is 1.10. The number of amides is 2. The summed E-state index contributed by atoms with van der Waals surface area (Å²) in [6.45, 7) is 6.09. The molecule has 200 valence electrons. The van der Waals surface area contributed by atoms with Crippen molar-refractivity contribution in [1.29, 1.82) is 0 Å². The fourth-order valence-corrected chi connectivity index (χ4v) is 7.87. The second-order valence-electron chi connectivity index (χ2n) is 10.6. The number of para-hydroxylation sites is 2. The van der Waals surface area contributed by atoms with Crippen LogP contribution in [-0.2, 0) is 27.5 Å². The zero-order chi connectivity index (χ0) is 27.0. The Morgan fingerprint density at radius 3 is 2.59 bits per heavy atom. The van der Waals surface area contributed by atoms with Crippen LogP contribution in [0.4, 0.5) is 10.7 Å². The Hall–Kier alpha value is -2.99. The van der Waals surface area contributed by atoms with Crippen LogP contribution in [-0.4, -0.2) is 49.3 Å². The van der Waals surface area contributed by atoms with Gasteiger partial charge in [-0.1, -0.05) is 32.9 Å². The summed E-state index contributed by atoms with van der Waals surface area (Å²) in [6, 6.07) is 5.32. The fraction of sp³-hybridized carbons (Fsp3) is 0.520. The van der Waals surface area contributed by atoms with Gasteiger partial charge in [0.05, 0.1) is 22.0 Å². The first-order valence-electron chi connectivity index (χ1n) is 12.2. The van der Waals surface area contributed by atoms with Crippen molar-refractivity contribution in [3.63, 3.8) is 0 Å². The maximum Gasteiger partial charge on any atom is 0.310 e. The standard InChI is InChI=1S/C25H31N3O7S2/c1-25(2,3)15-8-9-17-20(12-15)36-24(22(17)23(30)26-16-10-11-37(33,34)14-16)27-21(29)13-35-19-7-5-4-6-18(19)28(31)32/h4-7,15-16H,8-14H2,1-3H3,(H,26,30)(H,27,29). The number of nitro groups is 1. The Balaban J connectivity index is 1.55. The third kappa shape index (κ3) is 6.30. The van der Waals surface area contributed by atoms with E-state index in [4.69, 9.17) is 4.74 Å². The number of nitrogens with zero attached hydrogens (tertiary/aromatic N) is 1. The molecule has 10 nitrogen and oxygen atoms in total. The van der Waals surface area contributed by atoms with Crippen molar-refractivity contribution in [1.82, 2.24) is 5.32 Å². The molecule has 37 heavy (non-hydrogen) atoms. The molecule has 2 heterocycles. The van der Waals surface area contributed by atoms with Gasteiger partial charge in [-0.15, -0.1) is 11.3 Å². The van der Waals surface area contributed by atoms with Crippen LogP contribution in [0.1, 0.15) is 54.4 Å². The molecule has 2 aliphatic rings. The topological polar surface area (TPSA) is 145 Å². The number of hydrogen-bond donors (Lipinski definition) is 2. The lowest BCUT2D eigenvalue weighted by molar-refractivity contribution is -0.385. The molecule has 2 atom stereocenters. The van der Waals surface area contributed by atoms with E-state index in [0.29, 0.717) is 29.3 Å². The number of nitro benzene ring substituents is 1. The zero-order valence-electron chi connectivity index (χ0n) is 21.0. The van der Waals surface area contributed by atoms with Crippen LogP contribution >= 0.6 is 11.3 Å². The number of rotatable bonds is 7. The number of carbonyl (C=O) groups excluding carboxylic acids is 2. The second-order valence-corrected chi connectivity index (χ2v) is 14.0. The van der Waals surface area contributed by atoms with E-state index in [1.807, 2.05) is 0 Å². The Bertz CT molecular complexity index is 1330. The minimum atomic E-state index is -3.17. The van der Waals surface area contributed by atoms with Gasteiger partial charge in [0.25, 0.3) is 11.8 Å². The van der Waals surface area contributed by atoms with Gasteiger partial charge in [0.1, 0.15) is 5.00 Å². The normalized spacial score (nSPS) is 20.6. The number of fused-ring (bicyclic) bond motifs is 1. The van der Waals surface area contributed by atoms with Crippen LogP contribution in [0.5, 0.6) is 5.75 Å². The average molecular weight is 550 g/mol.